The summed E-state index contributed by atoms with van der Waals surface area (Å²) in [6.07, 6.45) is 0. The Balaban J connectivity index is 1.44. The van der Waals surface area contributed by atoms with Gasteiger partial charge in [0.05, 0.1) is 6.04 Å². The summed E-state index contributed by atoms with van der Waals surface area (Å²) in [4.78, 5) is 12.6. The molecule has 1 heterocycles. The third-order valence-electron chi connectivity index (χ3n) is 4.71. The number of hydrogen-bond acceptors (Lipinski definition) is 4. The lowest BCUT2D eigenvalue weighted by Crippen LogP contribution is -2.27. The van der Waals surface area contributed by atoms with Gasteiger partial charge in [-0.2, -0.15) is 0 Å². The van der Waals surface area contributed by atoms with Gasteiger partial charge in [0.15, 0.2) is 28.8 Å². The van der Waals surface area contributed by atoms with Crippen molar-refractivity contribution < 1.29 is 22.8 Å². The van der Waals surface area contributed by atoms with Crippen molar-refractivity contribution in [1.82, 2.24) is 10.5 Å². The van der Waals surface area contributed by atoms with Crippen LogP contribution in [0, 0.1) is 11.6 Å². The molecule has 4 aromatic rings. The van der Waals surface area contributed by atoms with E-state index in [0.717, 1.165) is 28.5 Å². The first kappa shape index (κ1) is 19.6. The Hall–Kier alpha value is -3.74. The van der Waals surface area contributed by atoms with E-state index < -0.39 is 23.3 Å². The molecule has 1 amide bonds. The number of nitrogens with one attached hydrogen (secondary N) is 1. The SMILES string of the molecule is C[C@@H](NC(=O)c1cc(COc2c(F)cccc2F)on1)c1cccc2ccccc12. The van der Waals surface area contributed by atoms with Crippen molar-refractivity contribution in [3.8, 4) is 5.75 Å². The molecule has 0 unspecified atom stereocenters. The number of nitrogens with zero attached hydrogens (tertiary/aromatic N) is 1. The van der Waals surface area contributed by atoms with Crippen LogP contribution >= 0.6 is 0 Å². The van der Waals surface area contributed by atoms with Gasteiger partial charge in [0.25, 0.3) is 5.91 Å². The Morgan fingerprint density at radius 3 is 2.57 bits per heavy atom. The zero-order valence-corrected chi connectivity index (χ0v) is 16.1. The van der Waals surface area contributed by atoms with Gasteiger partial charge in [-0.05, 0) is 35.4 Å². The summed E-state index contributed by atoms with van der Waals surface area (Å²) in [5.41, 5.74) is 1.03. The second kappa shape index (κ2) is 8.32. The van der Waals surface area contributed by atoms with Crippen LogP contribution in [0.15, 0.2) is 71.3 Å². The molecule has 1 atom stereocenters. The Labute approximate surface area is 171 Å². The second-order valence-electron chi connectivity index (χ2n) is 6.78. The lowest BCUT2D eigenvalue weighted by Gasteiger charge is -2.15. The standard InChI is InChI=1S/C23H18F2N2O3/c1-14(17-9-4-7-15-6-2-3-8-18(15)17)26-23(28)21-12-16(30-27-21)13-29-22-19(24)10-5-11-20(22)25/h2-12,14H,13H2,1H3,(H,26,28)/t14-/m1/s1. The molecule has 0 fully saturated rings. The average molecular weight is 408 g/mol. The molecule has 4 rings (SSSR count). The van der Waals surface area contributed by atoms with Gasteiger partial charge in [0.2, 0.25) is 0 Å². The van der Waals surface area contributed by atoms with Gasteiger partial charge >= 0.3 is 0 Å². The number of carbonyl (C=O) groups is 1. The van der Waals surface area contributed by atoms with Crippen LogP contribution in [0.2, 0.25) is 0 Å². The summed E-state index contributed by atoms with van der Waals surface area (Å²) in [5, 5.41) is 8.75. The Morgan fingerprint density at radius 1 is 1.07 bits per heavy atom. The molecule has 0 radical (unpaired) electrons. The van der Waals surface area contributed by atoms with Crippen LogP contribution in [-0.4, -0.2) is 11.1 Å². The number of halogens is 2. The minimum Gasteiger partial charge on any atom is -0.479 e. The van der Waals surface area contributed by atoms with E-state index in [-0.39, 0.29) is 24.1 Å². The highest BCUT2D eigenvalue weighted by molar-refractivity contribution is 5.93. The van der Waals surface area contributed by atoms with Gasteiger partial charge in [-0.1, -0.05) is 53.7 Å². The van der Waals surface area contributed by atoms with E-state index in [1.165, 1.54) is 12.1 Å². The largest absolute Gasteiger partial charge is 0.479 e. The molecule has 0 saturated heterocycles. The molecule has 0 bridgehead atoms. The number of para-hydroxylation sites is 1. The number of hydrogen-bond donors (Lipinski definition) is 1. The predicted molar refractivity (Wildman–Crippen MR) is 107 cm³/mol. The summed E-state index contributed by atoms with van der Waals surface area (Å²) < 4.78 is 37.4. The number of benzene rings is 3. The molecule has 0 saturated carbocycles. The first-order valence-corrected chi connectivity index (χ1v) is 9.34. The molecule has 0 spiro atoms. The van der Waals surface area contributed by atoms with Gasteiger partial charge < -0.3 is 14.6 Å². The minimum atomic E-state index is -0.823. The van der Waals surface area contributed by atoms with Crippen molar-refractivity contribution in [1.29, 1.82) is 0 Å². The first-order chi connectivity index (χ1) is 14.5. The van der Waals surface area contributed by atoms with E-state index in [2.05, 4.69) is 10.5 Å². The van der Waals surface area contributed by atoms with Gasteiger partial charge in [-0.25, -0.2) is 8.78 Å². The van der Waals surface area contributed by atoms with E-state index in [1.54, 1.807) is 0 Å². The number of amides is 1. The maximum atomic E-state index is 13.6. The molecule has 152 valence electrons. The molecular formula is C23H18F2N2O3. The average Bonchev–Trinajstić information content (AvgIpc) is 3.22. The summed E-state index contributed by atoms with van der Waals surface area (Å²) in [7, 11) is 0. The fraction of sp³-hybridized carbons (Fsp3) is 0.130. The normalized spacial score (nSPS) is 12.0. The van der Waals surface area contributed by atoms with E-state index in [9.17, 15) is 13.6 Å². The van der Waals surface area contributed by atoms with Crippen LogP contribution < -0.4 is 10.1 Å². The molecular weight excluding hydrogens is 390 g/mol. The molecule has 0 aliphatic rings. The maximum absolute atomic E-state index is 13.6. The number of fused-ring (bicyclic) bond motifs is 1. The summed E-state index contributed by atoms with van der Waals surface area (Å²) in [5.74, 6) is -2.42. The summed E-state index contributed by atoms with van der Waals surface area (Å²) in [6.45, 7) is 1.61. The van der Waals surface area contributed by atoms with E-state index >= 15 is 0 Å². The molecule has 1 N–H and O–H groups in total. The van der Waals surface area contributed by atoms with Gasteiger partial charge in [0, 0.05) is 6.07 Å². The van der Waals surface area contributed by atoms with Crippen molar-refractivity contribution in [3.63, 3.8) is 0 Å². The van der Waals surface area contributed by atoms with E-state index in [1.807, 2.05) is 49.4 Å². The van der Waals surface area contributed by atoms with Crippen LogP contribution in [0.25, 0.3) is 10.8 Å². The molecule has 0 aliphatic carbocycles. The Bertz CT molecular complexity index is 1180. The van der Waals surface area contributed by atoms with Crippen molar-refractivity contribution in [2.45, 2.75) is 19.6 Å². The van der Waals surface area contributed by atoms with Crippen LogP contribution in [0.4, 0.5) is 8.78 Å². The monoisotopic (exact) mass is 408 g/mol. The lowest BCUT2D eigenvalue weighted by molar-refractivity contribution is 0.0930. The number of carbonyl (C=O) groups excluding carboxylic acids is 1. The molecule has 7 heteroatoms. The number of ether oxygens (including phenoxy) is 1. The van der Waals surface area contributed by atoms with E-state index in [4.69, 9.17) is 9.26 Å². The third-order valence-corrected chi connectivity index (χ3v) is 4.71. The van der Waals surface area contributed by atoms with Crippen LogP contribution in [-0.2, 0) is 6.61 Å². The van der Waals surface area contributed by atoms with Crippen molar-refractivity contribution in [3.05, 3.63) is 95.4 Å². The highest BCUT2D eigenvalue weighted by atomic mass is 19.1. The molecule has 5 nitrogen and oxygen atoms in total. The zero-order chi connectivity index (χ0) is 21.1. The summed E-state index contributed by atoms with van der Waals surface area (Å²) in [6, 6.07) is 18.4. The molecule has 30 heavy (non-hydrogen) atoms. The second-order valence-corrected chi connectivity index (χ2v) is 6.78. The zero-order valence-electron chi connectivity index (χ0n) is 16.1. The third kappa shape index (κ3) is 4.00. The van der Waals surface area contributed by atoms with Crippen molar-refractivity contribution in [2.24, 2.45) is 0 Å². The van der Waals surface area contributed by atoms with Crippen LogP contribution in [0.3, 0.4) is 0 Å². The molecule has 3 aromatic carbocycles. The Morgan fingerprint density at radius 2 is 1.77 bits per heavy atom. The highest BCUT2D eigenvalue weighted by Crippen LogP contribution is 2.25. The van der Waals surface area contributed by atoms with Crippen molar-refractivity contribution >= 4 is 16.7 Å². The minimum absolute atomic E-state index is 0.0506. The lowest BCUT2D eigenvalue weighted by atomic mass is 9.99. The first-order valence-electron chi connectivity index (χ1n) is 9.34. The molecule has 1 aromatic heterocycles. The quantitative estimate of drug-likeness (QED) is 0.478. The van der Waals surface area contributed by atoms with Gasteiger partial charge in [-0.3, -0.25) is 4.79 Å². The van der Waals surface area contributed by atoms with E-state index in [0.29, 0.717) is 0 Å². The van der Waals surface area contributed by atoms with Gasteiger partial charge in [0.1, 0.15) is 6.61 Å². The molecule has 0 aliphatic heterocycles. The summed E-state index contributed by atoms with van der Waals surface area (Å²) >= 11 is 0. The fourth-order valence-electron chi connectivity index (χ4n) is 3.23. The fourth-order valence-corrected chi connectivity index (χ4v) is 3.23. The number of rotatable bonds is 6. The number of aromatic nitrogens is 1. The maximum Gasteiger partial charge on any atom is 0.273 e. The van der Waals surface area contributed by atoms with Crippen LogP contribution in [0.1, 0.15) is 34.8 Å². The topological polar surface area (TPSA) is 64.4 Å². The highest BCUT2D eigenvalue weighted by Gasteiger charge is 2.18. The predicted octanol–water partition coefficient (Wildman–Crippen LogP) is 5.18. The Kier molecular flexibility index (Phi) is 5.43. The smallest absolute Gasteiger partial charge is 0.273 e. The van der Waals surface area contributed by atoms with Crippen molar-refractivity contribution in [2.75, 3.05) is 0 Å². The van der Waals surface area contributed by atoms with Gasteiger partial charge in [-0.15, -0.1) is 0 Å². The van der Waals surface area contributed by atoms with Crippen LogP contribution in [0.5, 0.6) is 5.75 Å².